The summed E-state index contributed by atoms with van der Waals surface area (Å²) in [5.74, 6) is -0.0572. The molecule has 13 heavy (non-hydrogen) atoms. The number of amides is 1. The minimum atomic E-state index is -0.0572. The van der Waals surface area contributed by atoms with Gasteiger partial charge in [0.1, 0.15) is 0 Å². The fourth-order valence-electron chi connectivity index (χ4n) is 0.913. The lowest BCUT2D eigenvalue weighted by molar-refractivity contribution is -0.116. The molecule has 0 aliphatic rings. The van der Waals surface area contributed by atoms with Crippen LogP contribution in [-0.4, -0.2) is 13.0 Å². The van der Waals surface area contributed by atoms with Gasteiger partial charge in [-0.1, -0.05) is 38.0 Å². The Balaban J connectivity index is 3.40. The first kappa shape index (κ1) is 11.9. The quantitative estimate of drug-likeness (QED) is 0.380. The van der Waals surface area contributed by atoms with Gasteiger partial charge in [0.2, 0.25) is 5.91 Å². The van der Waals surface area contributed by atoms with Gasteiger partial charge in [-0.3, -0.25) is 4.79 Å². The number of unbranched alkanes of at least 4 members (excludes halogenated alkanes) is 3. The number of carbonyl (C=O) groups excluding carboxylic acids is 1. The molecule has 0 aromatic carbocycles. The normalized spacial score (nSPS) is 11.2. The molecule has 0 fully saturated rings. The maximum atomic E-state index is 10.7. The van der Waals surface area contributed by atoms with E-state index >= 15 is 0 Å². The zero-order chi connectivity index (χ0) is 9.94. The number of carbonyl (C=O) groups is 1. The Morgan fingerprint density at radius 3 is 2.69 bits per heavy atom. The van der Waals surface area contributed by atoms with E-state index in [0.29, 0.717) is 0 Å². The molecule has 0 radical (unpaired) electrons. The summed E-state index contributed by atoms with van der Waals surface area (Å²) in [7, 11) is 1.62. The monoisotopic (exact) mass is 181 g/mol. The summed E-state index contributed by atoms with van der Waals surface area (Å²) in [6, 6.07) is 0. The molecule has 74 valence electrons. The number of likely N-dealkylation sites (N-methyl/N-ethyl adjacent to an activating group) is 1. The molecule has 0 atom stereocenters. The Labute approximate surface area is 80.7 Å². The Morgan fingerprint density at radius 2 is 2.08 bits per heavy atom. The van der Waals surface area contributed by atoms with E-state index in [2.05, 4.69) is 18.3 Å². The Hall–Kier alpha value is -1.05. The van der Waals surface area contributed by atoms with Crippen LogP contribution in [0, 0.1) is 0 Å². The zero-order valence-corrected chi connectivity index (χ0v) is 8.55. The Kier molecular flexibility index (Phi) is 8.31. The van der Waals surface area contributed by atoms with Gasteiger partial charge < -0.3 is 5.32 Å². The van der Waals surface area contributed by atoms with Crippen LogP contribution in [0.3, 0.4) is 0 Å². The van der Waals surface area contributed by atoms with Crippen molar-refractivity contribution in [3.8, 4) is 0 Å². The van der Waals surface area contributed by atoms with Crippen molar-refractivity contribution < 1.29 is 4.79 Å². The minimum Gasteiger partial charge on any atom is -0.356 e. The number of hydrogen-bond donors (Lipinski definition) is 1. The van der Waals surface area contributed by atoms with Crippen LogP contribution in [0.1, 0.15) is 32.6 Å². The highest BCUT2D eigenvalue weighted by Gasteiger charge is 1.84. The summed E-state index contributed by atoms with van der Waals surface area (Å²) in [6.07, 6.45) is 12.2. The van der Waals surface area contributed by atoms with Crippen molar-refractivity contribution in [3.05, 3.63) is 24.3 Å². The summed E-state index contributed by atoms with van der Waals surface area (Å²) in [5.41, 5.74) is 0. The third-order valence-corrected chi connectivity index (χ3v) is 1.72. The van der Waals surface area contributed by atoms with Gasteiger partial charge in [-0.25, -0.2) is 0 Å². The SMILES string of the molecule is CCCCC/C=C/C=C/C(=O)NC. The molecule has 0 unspecified atom stereocenters. The van der Waals surface area contributed by atoms with Crippen molar-refractivity contribution in [2.24, 2.45) is 0 Å². The van der Waals surface area contributed by atoms with E-state index in [1.165, 1.54) is 25.3 Å². The third kappa shape index (κ3) is 8.86. The molecule has 0 saturated heterocycles. The highest BCUT2D eigenvalue weighted by atomic mass is 16.1. The molecule has 1 N–H and O–H groups in total. The fraction of sp³-hybridized carbons (Fsp3) is 0.545. The number of rotatable bonds is 6. The molecule has 0 aromatic heterocycles. The summed E-state index contributed by atoms with van der Waals surface area (Å²) in [6.45, 7) is 2.19. The Bertz CT molecular complexity index is 183. The first-order valence-corrected chi connectivity index (χ1v) is 4.86. The Morgan fingerprint density at radius 1 is 1.31 bits per heavy atom. The summed E-state index contributed by atoms with van der Waals surface area (Å²) >= 11 is 0. The largest absolute Gasteiger partial charge is 0.356 e. The molecule has 0 heterocycles. The van der Waals surface area contributed by atoms with Crippen LogP contribution in [-0.2, 0) is 4.79 Å². The molecule has 1 amide bonds. The molecule has 0 saturated carbocycles. The zero-order valence-electron chi connectivity index (χ0n) is 8.55. The van der Waals surface area contributed by atoms with Crippen LogP contribution in [0.15, 0.2) is 24.3 Å². The average Bonchev–Trinajstić information content (AvgIpc) is 2.16. The maximum Gasteiger partial charge on any atom is 0.243 e. The second-order valence-electron chi connectivity index (χ2n) is 2.90. The lowest BCUT2D eigenvalue weighted by Gasteiger charge is -1.90. The van der Waals surface area contributed by atoms with E-state index in [1.807, 2.05) is 6.08 Å². The average molecular weight is 181 g/mol. The molecule has 0 spiro atoms. The van der Waals surface area contributed by atoms with Crippen LogP contribution in [0.5, 0.6) is 0 Å². The predicted octanol–water partition coefficient (Wildman–Crippen LogP) is 2.43. The standard InChI is InChI=1S/C11H19NO/c1-3-4-5-6-7-8-9-10-11(13)12-2/h7-10H,3-6H2,1-2H3,(H,12,13)/b8-7+,10-9+. The molecule has 0 aliphatic carbocycles. The molecule has 0 bridgehead atoms. The fourth-order valence-corrected chi connectivity index (χ4v) is 0.913. The van der Waals surface area contributed by atoms with Gasteiger partial charge in [0.15, 0.2) is 0 Å². The van der Waals surface area contributed by atoms with Gasteiger partial charge in [0.05, 0.1) is 0 Å². The van der Waals surface area contributed by atoms with Gasteiger partial charge in [-0.15, -0.1) is 0 Å². The molecule has 0 aromatic rings. The van der Waals surface area contributed by atoms with E-state index in [-0.39, 0.29) is 5.91 Å². The van der Waals surface area contributed by atoms with E-state index in [1.54, 1.807) is 13.1 Å². The molecule has 0 aliphatic heterocycles. The van der Waals surface area contributed by atoms with Crippen molar-refractivity contribution >= 4 is 5.91 Å². The summed E-state index contributed by atoms with van der Waals surface area (Å²) in [5, 5.41) is 2.52. The smallest absolute Gasteiger partial charge is 0.243 e. The first-order valence-electron chi connectivity index (χ1n) is 4.86. The van der Waals surface area contributed by atoms with Crippen molar-refractivity contribution in [2.75, 3.05) is 7.05 Å². The third-order valence-electron chi connectivity index (χ3n) is 1.72. The molecule has 2 nitrogen and oxygen atoms in total. The molecule has 2 heteroatoms. The van der Waals surface area contributed by atoms with E-state index in [9.17, 15) is 4.79 Å². The first-order chi connectivity index (χ1) is 6.31. The minimum absolute atomic E-state index is 0.0572. The molecular weight excluding hydrogens is 162 g/mol. The van der Waals surface area contributed by atoms with Crippen LogP contribution >= 0.6 is 0 Å². The van der Waals surface area contributed by atoms with Gasteiger partial charge >= 0.3 is 0 Å². The maximum absolute atomic E-state index is 10.7. The number of nitrogens with one attached hydrogen (secondary N) is 1. The number of hydrogen-bond acceptors (Lipinski definition) is 1. The highest BCUT2D eigenvalue weighted by Crippen LogP contribution is 1.99. The van der Waals surface area contributed by atoms with Gasteiger partial charge in [-0.05, 0) is 12.8 Å². The van der Waals surface area contributed by atoms with Crippen LogP contribution < -0.4 is 5.32 Å². The van der Waals surface area contributed by atoms with Crippen LogP contribution in [0.25, 0.3) is 0 Å². The second-order valence-corrected chi connectivity index (χ2v) is 2.90. The van der Waals surface area contributed by atoms with Gasteiger partial charge in [-0.2, -0.15) is 0 Å². The van der Waals surface area contributed by atoms with E-state index < -0.39 is 0 Å². The van der Waals surface area contributed by atoms with Crippen molar-refractivity contribution in [1.29, 1.82) is 0 Å². The molecular formula is C11H19NO. The summed E-state index contributed by atoms with van der Waals surface area (Å²) in [4.78, 5) is 10.7. The highest BCUT2D eigenvalue weighted by molar-refractivity contribution is 5.87. The van der Waals surface area contributed by atoms with E-state index in [0.717, 1.165) is 6.42 Å². The van der Waals surface area contributed by atoms with Crippen molar-refractivity contribution in [3.63, 3.8) is 0 Å². The van der Waals surface area contributed by atoms with Crippen molar-refractivity contribution in [1.82, 2.24) is 5.32 Å². The topological polar surface area (TPSA) is 29.1 Å². The lowest BCUT2D eigenvalue weighted by atomic mass is 10.2. The molecule has 0 rings (SSSR count). The van der Waals surface area contributed by atoms with Crippen molar-refractivity contribution in [2.45, 2.75) is 32.6 Å². The second kappa shape index (κ2) is 9.04. The predicted molar refractivity (Wildman–Crippen MR) is 56.5 cm³/mol. The van der Waals surface area contributed by atoms with Gasteiger partial charge in [0.25, 0.3) is 0 Å². The van der Waals surface area contributed by atoms with Crippen LogP contribution in [0.4, 0.5) is 0 Å². The lowest BCUT2D eigenvalue weighted by Crippen LogP contribution is -2.13. The van der Waals surface area contributed by atoms with Crippen LogP contribution in [0.2, 0.25) is 0 Å². The van der Waals surface area contributed by atoms with E-state index in [4.69, 9.17) is 0 Å². The summed E-state index contributed by atoms with van der Waals surface area (Å²) < 4.78 is 0. The number of allylic oxidation sites excluding steroid dienone is 3. The van der Waals surface area contributed by atoms with Gasteiger partial charge in [0, 0.05) is 13.1 Å².